The highest BCUT2D eigenvalue weighted by Crippen LogP contribution is 2.28. The van der Waals surface area contributed by atoms with Crippen molar-refractivity contribution in [2.45, 2.75) is 39.2 Å². The Morgan fingerprint density at radius 3 is 2.56 bits per heavy atom. The number of hydrogen-bond acceptors (Lipinski definition) is 3. The van der Waals surface area contributed by atoms with Gasteiger partial charge in [-0.3, -0.25) is 4.79 Å². The van der Waals surface area contributed by atoms with Crippen molar-refractivity contribution in [3.8, 4) is 5.75 Å². The highest BCUT2D eigenvalue weighted by atomic mass is 19.4. The highest BCUT2D eigenvalue weighted by Gasteiger charge is 2.32. The van der Waals surface area contributed by atoms with Crippen LogP contribution in [0.2, 0.25) is 0 Å². The van der Waals surface area contributed by atoms with E-state index >= 15 is 0 Å². The van der Waals surface area contributed by atoms with Crippen molar-refractivity contribution < 1.29 is 22.7 Å². The number of nitrogens with one attached hydrogen (secondary N) is 2. The molecule has 0 saturated heterocycles. The number of benzene rings is 2. The molecular weight excluding hydrogens is 443 g/mol. The largest absolute Gasteiger partial charge is 0.573 e. The number of aromatic amines is 1. The van der Waals surface area contributed by atoms with Crippen molar-refractivity contribution in [2.24, 2.45) is 4.99 Å². The topological polar surface area (TPSA) is 66.5 Å². The number of hydrogen-bond donors (Lipinski definition) is 2. The Hall–Kier alpha value is -3.65. The maximum absolute atomic E-state index is 12.7. The van der Waals surface area contributed by atoms with Gasteiger partial charge in [0, 0.05) is 28.9 Å². The molecule has 2 N–H and O–H groups in total. The summed E-state index contributed by atoms with van der Waals surface area (Å²) in [5.41, 5.74) is 2.60. The van der Waals surface area contributed by atoms with Gasteiger partial charge in [-0.05, 0) is 43.2 Å². The fourth-order valence-corrected chi connectivity index (χ4v) is 3.73. The van der Waals surface area contributed by atoms with Crippen LogP contribution in [-0.2, 0) is 6.54 Å². The lowest BCUT2D eigenvalue weighted by atomic mass is 10.1. The minimum Gasteiger partial charge on any atom is -0.405 e. The first-order valence-corrected chi connectivity index (χ1v) is 11.0. The number of halogens is 3. The number of carbonyl (C=O) groups excluding carboxylic acids is 1. The smallest absolute Gasteiger partial charge is 0.405 e. The minimum absolute atomic E-state index is 0.266. The molecule has 1 unspecified atom stereocenters. The summed E-state index contributed by atoms with van der Waals surface area (Å²) < 4.78 is 42.1. The fourth-order valence-electron chi connectivity index (χ4n) is 3.73. The van der Waals surface area contributed by atoms with Crippen LogP contribution in [0.3, 0.4) is 0 Å². The maximum Gasteiger partial charge on any atom is 0.573 e. The van der Waals surface area contributed by atoms with Crippen LogP contribution in [0.1, 0.15) is 36.2 Å². The van der Waals surface area contributed by atoms with E-state index < -0.39 is 18.0 Å². The van der Waals surface area contributed by atoms with Gasteiger partial charge in [0.25, 0.3) is 5.91 Å². The van der Waals surface area contributed by atoms with Crippen molar-refractivity contribution in [2.75, 3.05) is 0 Å². The summed E-state index contributed by atoms with van der Waals surface area (Å²) in [6.45, 7) is 4.96. The Balaban J connectivity index is 1.75. The van der Waals surface area contributed by atoms with Crippen LogP contribution in [-0.4, -0.2) is 23.3 Å². The number of ether oxygens (including phenoxy) is 1. The average molecular weight is 467 g/mol. The molecule has 0 aliphatic carbocycles. The number of alkyl halides is 3. The number of carbonyl (C=O) groups is 1. The summed E-state index contributed by atoms with van der Waals surface area (Å²) in [6.07, 6.45) is -3.89. The predicted molar refractivity (Wildman–Crippen MR) is 125 cm³/mol. The number of rotatable bonds is 6. The first-order chi connectivity index (χ1) is 16.2. The molecular formula is C26H24F3N3O2. The van der Waals surface area contributed by atoms with Gasteiger partial charge in [-0.2, -0.15) is 0 Å². The molecule has 1 heterocycles. The number of amides is 1. The zero-order valence-corrected chi connectivity index (χ0v) is 18.7. The van der Waals surface area contributed by atoms with E-state index in [1.165, 1.54) is 18.2 Å². The molecule has 0 aliphatic heterocycles. The molecule has 0 bridgehead atoms. The molecule has 176 valence electrons. The monoisotopic (exact) mass is 467 g/mol. The van der Waals surface area contributed by atoms with Crippen molar-refractivity contribution in [1.82, 2.24) is 10.3 Å². The quantitative estimate of drug-likeness (QED) is 0.374. The Labute approximate surface area is 194 Å². The third kappa shape index (κ3) is 5.28. The zero-order valence-electron chi connectivity index (χ0n) is 18.7. The molecule has 4 rings (SSSR count). The van der Waals surface area contributed by atoms with Crippen molar-refractivity contribution in [1.29, 1.82) is 0 Å². The number of nitrogens with zero attached hydrogens (tertiary/aromatic N) is 1. The van der Waals surface area contributed by atoms with Crippen LogP contribution >= 0.6 is 0 Å². The summed E-state index contributed by atoms with van der Waals surface area (Å²) in [5, 5.41) is 5.80. The van der Waals surface area contributed by atoms with E-state index in [0.29, 0.717) is 17.9 Å². The molecule has 0 aliphatic rings. The van der Waals surface area contributed by atoms with Crippen molar-refractivity contribution >= 4 is 27.7 Å². The molecule has 1 amide bonds. The molecule has 1 aromatic heterocycles. The number of fused-ring (bicyclic) bond motifs is 3. The van der Waals surface area contributed by atoms with Crippen LogP contribution in [0.15, 0.2) is 71.7 Å². The van der Waals surface area contributed by atoms with Gasteiger partial charge in [-0.25, -0.2) is 4.99 Å². The lowest BCUT2D eigenvalue weighted by Gasteiger charge is -2.11. The average Bonchev–Trinajstić information content (AvgIpc) is 3.01. The Morgan fingerprint density at radius 1 is 1.06 bits per heavy atom. The van der Waals surface area contributed by atoms with Crippen LogP contribution < -0.4 is 15.4 Å². The number of para-hydroxylation sites is 2. The van der Waals surface area contributed by atoms with Gasteiger partial charge in [0.1, 0.15) is 5.75 Å². The van der Waals surface area contributed by atoms with Gasteiger partial charge in [0.2, 0.25) is 0 Å². The fraction of sp³-hybridized carbons (Fsp3) is 0.231. The van der Waals surface area contributed by atoms with Gasteiger partial charge in [0.05, 0.1) is 16.4 Å². The van der Waals surface area contributed by atoms with Crippen LogP contribution in [0.4, 0.5) is 13.2 Å². The summed E-state index contributed by atoms with van der Waals surface area (Å²) in [7, 11) is 0. The van der Waals surface area contributed by atoms with Gasteiger partial charge < -0.3 is 15.0 Å². The van der Waals surface area contributed by atoms with E-state index in [1.807, 2.05) is 18.2 Å². The van der Waals surface area contributed by atoms with Gasteiger partial charge in [0.15, 0.2) is 0 Å². The van der Waals surface area contributed by atoms with Gasteiger partial charge in [-0.15, -0.1) is 13.2 Å². The molecule has 0 radical (unpaired) electrons. The van der Waals surface area contributed by atoms with Gasteiger partial charge >= 0.3 is 6.36 Å². The Kier molecular flexibility index (Phi) is 6.70. The molecule has 3 aromatic carbocycles. The maximum atomic E-state index is 12.7. The first-order valence-electron chi connectivity index (χ1n) is 11.0. The second-order valence-electron chi connectivity index (χ2n) is 8.04. The van der Waals surface area contributed by atoms with Crippen molar-refractivity contribution in [3.63, 3.8) is 0 Å². The lowest BCUT2D eigenvalue weighted by molar-refractivity contribution is -0.274. The van der Waals surface area contributed by atoms with E-state index in [0.717, 1.165) is 39.9 Å². The molecule has 34 heavy (non-hydrogen) atoms. The molecule has 4 aromatic rings. The normalized spacial score (nSPS) is 13.4. The van der Waals surface area contributed by atoms with E-state index in [9.17, 15) is 18.0 Å². The zero-order chi connectivity index (χ0) is 24.3. The summed E-state index contributed by atoms with van der Waals surface area (Å²) in [6, 6.07) is 18.7. The lowest BCUT2D eigenvalue weighted by Crippen LogP contribution is -2.24. The SMILES string of the molecule is CCC(C)NCc1cccc2c1[nH]c1cc(=NC(=O)c3ccccc3OC(F)(F)F)cccc12. The standard InChI is InChI=1S/C26H24F3N3O2/c1-3-16(2)30-15-17-8-6-12-20-19-11-7-9-18(14-22(19)32-24(17)20)31-25(33)21-10-4-5-13-23(21)34-26(27,28)29/h4-14,16,30,32H,3,15H2,1-2H3. The molecule has 8 heteroatoms. The summed E-state index contributed by atoms with van der Waals surface area (Å²) >= 11 is 0. The minimum atomic E-state index is -4.91. The third-order valence-corrected chi connectivity index (χ3v) is 5.64. The van der Waals surface area contributed by atoms with Crippen LogP contribution in [0, 0.1) is 0 Å². The molecule has 0 saturated carbocycles. The molecule has 0 fully saturated rings. The number of aromatic nitrogens is 1. The second-order valence-corrected chi connectivity index (χ2v) is 8.04. The van der Waals surface area contributed by atoms with E-state index in [2.05, 4.69) is 39.9 Å². The third-order valence-electron chi connectivity index (χ3n) is 5.64. The first kappa shape index (κ1) is 23.5. The Morgan fingerprint density at radius 2 is 1.79 bits per heavy atom. The molecule has 0 spiro atoms. The predicted octanol–water partition coefficient (Wildman–Crippen LogP) is 5.85. The summed E-state index contributed by atoms with van der Waals surface area (Å²) in [5.74, 6) is -1.41. The van der Waals surface area contributed by atoms with E-state index in [-0.39, 0.29) is 5.56 Å². The highest BCUT2D eigenvalue weighted by molar-refractivity contribution is 6.08. The summed E-state index contributed by atoms with van der Waals surface area (Å²) in [4.78, 5) is 20.2. The van der Waals surface area contributed by atoms with Crippen LogP contribution in [0.5, 0.6) is 5.75 Å². The van der Waals surface area contributed by atoms with E-state index in [4.69, 9.17) is 0 Å². The van der Waals surface area contributed by atoms with Crippen LogP contribution in [0.25, 0.3) is 21.8 Å². The molecule has 1 atom stereocenters. The van der Waals surface area contributed by atoms with Crippen molar-refractivity contribution in [3.05, 3.63) is 83.2 Å². The Bertz CT molecular complexity index is 1410. The van der Waals surface area contributed by atoms with Gasteiger partial charge in [-0.1, -0.05) is 49.4 Å². The van der Waals surface area contributed by atoms with E-state index in [1.54, 1.807) is 18.2 Å². The molecule has 5 nitrogen and oxygen atoms in total. The number of H-pyrrole nitrogens is 1. The second kappa shape index (κ2) is 9.69.